The summed E-state index contributed by atoms with van der Waals surface area (Å²) in [4.78, 5) is 31.3. The van der Waals surface area contributed by atoms with Crippen LogP contribution in [0.3, 0.4) is 0 Å². The van der Waals surface area contributed by atoms with Crippen molar-refractivity contribution in [3.63, 3.8) is 0 Å². The third-order valence-corrected chi connectivity index (χ3v) is 7.17. The lowest BCUT2D eigenvalue weighted by atomic mass is 10.3. The Kier molecular flexibility index (Phi) is 6.96. The van der Waals surface area contributed by atoms with Gasteiger partial charge in [0.25, 0.3) is 0 Å². The van der Waals surface area contributed by atoms with E-state index < -0.39 is 0 Å². The highest BCUT2D eigenvalue weighted by Crippen LogP contribution is 2.28. The molecule has 178 valence electrons. The van der Waals surface area contributed by atoms with Crippen LogP contribution in [0.2, 0.25) is 0 Å². The monoisotopic (exact) mass is 480 g/mol. The molecule has 34 heavy (non-hydrogen) atoms. The molecule has 2 fully saturated rings. The molecule has 10 heteroatoms. The lowest BCUT2D eigenvalue weighted by Crippen LogP contribution is -2.51. The van der Waals surface area contributed by atoms with E-state index in [1.165, 1.54) is 11.8 Å². The number of nitrogens with zero attached hydrogens (tertiary/aromatic N) is 6. The molecule has 2 saturated heterocycles. The fraction of sp³-hybridized carbons (Fsp3) is 0.417. The maximum Gasteiger partial charge on any atom is 0.236 e. The molecular weight excluding hydrogens is 452 g/mol. The van der Waals surface area contributed by atoms with E-state index in [9.17, 15) is 9.59 Å². The number of rotatable bonds is 7. The third-order valence-electron chi connectivity index (χ3n) is 6.26. The summed E-state index contributed by atoms with van der Waals surface area (Å²) >= 11 is 1.37. The number of furan rings is 1. The molecule has 0 atom stereocenters. The molecule has 0 unspecified atom stereocenters. The van der Waals surface area contributed by atoms with Gasteiger partial charge < -0.3 is 14.2 Å². The zero-order valence-corrected chi connectivity index (χ0v) is 19.8. The van der Waals surface area contributed by atoms with E-state index in [4.69, 9.17) is 4.42 Å². The van der Waals surface area contributed by atoms with Crippen molar-refractivity contribution in [2.45, 2.75) is 18.0 Å². The highest BCUT2D eigenvalue weighted by atomic mass is 32.2. The maximum absolute atomic E-state index is 12.9. The van der Waals surface area contributed by atoms with Crippen molar-refractivity contribution in [1.82, 2.24) is 29.5 Å². The minimum Gasteiger partial charge on any atom is -0.461 e. The van der Waals surface area contributed by atoms with Crippen molar-refractivity contribution in [1.29, 1.82) is 0 Å². The maximum atomic E-state index is 12.9. The predicted molar refractivity (Wildman–Crippen MR) is 129 cm³/mol. The van der Waals surface area contributed by atoms with Crippen LogP contribution in [-0.2, 0) is 9.59 Å². The average molecular weight is 481 g/mol. The summed E-state index contributed by atoms with van der Waals surface area (Å²) < 4.78 is 7.46. The number of carbonyl (C=O) groups excluding carboxylic acids is 2. The highest BCUT2D eigenvalue weighted by molar-refractivity contribution is 7.99. The number of hydrogen-bond acceptors (Lipinski definition) is 7. The van der Waals surface area contributed by atoms with Crippen molar-refractivity contribution < 1.29 is 14.0 Å². The Morgan fingerprint density at radius 2 is 1.59 bits per heavy atom. The quantitative estimate of drug-likeness (QED) is 0.480. The van der Waals surface area contributed by atoms with Crippen LogP contribution >= 0.6 is 11.8 Å². The molecule has 0 bridgehead atoms. The summed E-state index contributed by atoms with van der Waals surface area (Å²) in [6.45, 7) is 4.92. The van der Waals surface area contributed by atoms with E-state index >= 15 is 0 Å². The van der Waals surface area contributed by atoms with E-state index in [0.717, 1.165) is 44.7 Å². The van der Waals surface area contributed by atoms with Gasteiger partial charge in [-0.1, -0.05) is 30.0 Å². The standard InChI is InChI=1S/C24H28N6O3S/c31-21(28-10-4-5-11-28)17-27-12-14-29(15-13-27)22(32)18-34-24-26-25-23(20-9-6-16-33-20)30(24)19-7-2-1-3-8-19/h1-3,6-9,16H,4-5,10-15,17-18H2. The highest BCUT2D eigenvalue weighted by Gasteiger charge is 2.26. The van der Waals surface area contributed by atoms with Gasteiger partial charge >= 0.3 is 0 Å². The molecule has 0 aliphatic carbocycles. The normalized spacial score (nSPS) is 16.8. The lowest BCUT2D eigenvalue weighted by molar-refractivity contribution is -0.133. The fourth-order valence-corrected chi connectivity index (χ4v) is 5.22. The first kappa shape index (κ1) is 22.7. The number of carbonyl (C=O) groups is 2. The Labute approximate surface area is 202 Å². The molecule has 5 rings (SSSR count). The number of benzene rings is 1. The Morgan fingerprint density at radius 3 is 2.29 bits per heavy atom. The van der Waals surface area contributed by atoms with Crippen LogP contribution in [0.25, 0.3) is 17.3 Å². The molecule has 2 aromatic heterocycles. The molecule has 0 saturated carbocycles. The predicted octanol–water partition coefficient (Wildman–Crippen LogP) is 2.39. The smallest absolute Gasteiger partial charge is 0.236 e. The van der Waals surface area contributed by atoms with E-state index in [2.05, 4.69) is 15.1 Å². The van der Waals surface area contributed by atoms with Crippen molar-refractivity contribution in [3.05, 3.63) is 48.7 Å². The third kappa shape index (κ3) is 5.02. The number of amides is 2. The second-order valence-corrected chi connectivity index (χ2v) is 9.43. The molecule has 3 aromatic rings. The zero-order chi connectivity index (χ0) is 23.3. The van der Waals surface area contributed by atoms with Crippen molar-refractivity contribution in [2.75, 3.05) is 51.6 Å². The van der Waals surface area contributed by atoms with Crippen LogP contribution in [0.4, 0.5) is 0 Å². The Balaban J connectivity index is 1.19. The van der Waals surface area contributed by atoms with Gasteiger partial charge in [0, 0.05) is 45.0 Å². The summed E-state index contributed by atoms with van der Waals surface area (Å²) in [6, 6.07) is 13.5. The number of aromatic nitrogens is 3. The molecule has 2 aliphatic heterocycles. The molecule has 9 nitrogen and oxygen atoms in total. The molecule has 4 heterocycles. The SMILES string of the molecule is O=C(CSc1nnc(-c2ccco2)n1-c1ccccc1)N1CCN(CC(=O)N2CCCC2)CC1. The summed E-state index contributed by atoms with van der Waals surface area (Å²) in [5.74, 6) is 1.77. The molecule has 0 N–H and O–H groups in total. The Bertz CT molecular complexity index is 1100. The van der Waals surface area contributed by atoms with Gasteiger partial charge in [-0.25, -0.2) is 0 Å². The van der Waals surface area contributed by atoms with Gasteiger partial charge in [0.1, 0.15) is 0 Å². The first-order valence-electron chi connectivity index (χ1n) is 11.6. The largest absolute Gasteiger partial charge is 0.461 e. The number of piperazine rings is 1. The minimum absolute atomic E-state index is 0.0673. The number of para-hydroxylation sites is 1. The summed E-state index contributed by atoms with van der Waals surface area (Å²) in [5.41, 5.74) is 0.908. The molecular formula is C24H28N6O3S. The van der Waals surface area contributed by atoms with Crippen LogP contribution in [0.5, 0.6) is 0 Å². The van der Waals surface area contributed by atoms with Gasteiger partial charge in [0.05, 0.1) is 18.6 Å². The summed E-state index contributed by atoms with van der Waals surface area (Å²) in [5, 5.41) is 9.31. The van der Waals surface area contributed by atoms with E-state index in [0.29, 0.717) is 36.4 Å². The summed E-state index contributed by atoms with van der Waals surface area (Å²) in [7, 11) is 0. The Morgan fingerprint density at radius 1 is 0.853 bits per heavy atom. The number of likely N-dealkylation sites (tertiary alicyclic amines) is 1. The summed E-state index contributed by atoms with van der Waals surface area (Å²) in [6.07, 6.45) is 3.81. The van der Waals surface area contributed by atoms with Crippen molar-refractivity contribution in [3.8, 4) is 17.3 Å². The second kappa shape index (κ2) is 10.4. The number of thioether (sulfide) groups is 1. The second-order valence-electron chi connectivity index (χ2n) is 8.49. The minimum atomic E-state index is 0.0673. The fourth-order valence-electron chi connectivity index (χ4n) is 4.37. The first-order valence-corrected chi connectivity index (χ1v) is 12.6. The first-order chi connectivity index (χ1) is 16.7. The molecule has 2 amide bonds. The van der Waals surface area contributed by atoms with Crippen LogP contribution in [0.1, 0.15) is 12.8 Å². The Hall–Kier alpha value is -3.11. The van der Waals surface area contributed by atoms with Gasteiger partial charge in [-0.2, -0.15) is 0 Å². The van der Waals surface area contributed by atoms with Gasteiger partial charge in [0.15, 0.2) is 10.9 Å². The van der Waals surface area contributed by atoms with Crippen LogP contribution in [-0.4, -0.2) is 92.8 Å². The number of hydrogen-bond donors (Lipinski definition) is 0. The van der Waals surface area contributed by atoms with E-state index in [-0.39, 0.29) is 17.6 Å². The lowest BCUT2D eigenvalue weighted by Gasteiger charge is -2.35. The van der Waals surface area contributed by atoms with Gasteiger partial charge in [-0.05, 0) is 37.1 Å². The van der Waals surface area contributed by atoms with E-state index in [1.54, 1.807) is 6.26 Å². The van der Waals surface area contributed by atoms with Crippen LogP contribution < -0.4 is 0 Å². The van der Waals surface area contributed by atoms with Gasteiger partial charge in [0.2, 0.25) is 17.6 Å². The topological polar surface area (TPSA) is 87.7 Å². The zero-order valence-electron chi connectivity index (χ0n) is 19.0. The van der Waals surface area contributed by atoms with Gasteiger partial charge in [-0.15, -0.1) is 10.2 Å². The molecule has 0 radical (unpaired) electrons. The molecule has 0 spiro atoms. The van der Waals surface area contributed by atoms with Crippen LogP contribution in [0.15, 0.2) is 58.3 Å². The van der Waals surface area contributed by atoms with Gasteiger partial charge in [-0.3, -0.25) is 19.1 Å². The average Bonchev–Trinajstić information content (AvgIpc) is 3.65. The van der Waals surface area contributed by atoms with Crippen molar-refractivity contribution >= 4 is 23.6 Å². The van der Waals surface area contributed by atoms with E-state index in [1.807, 2.05) is 56.8 Å². The van der Waals surface area contributed by atoms with Crippen molar-refractivity contribution in [2.24, 2.45) is 0 Å². The molecule has 1 aromatic carbocycles. The van der Waals surface area contributed by atoms with Crippen LogP contribution in [0, 0.1) is 0 Å². The molecule has 2 aliphatic rings.